The molecule has 0 saturated heterocycles. The zero-order valence-corrected chi connectivity index (χ0v) is 34.9. The number of nitrogens with two attached hydrogens (primary N) is 1. The summed E-state index contributed by atoms with van der Waals surface area (Å²) in [6, 6.07) is -1.53. The molecule has 55 heavy (non-hydrogen) atoms. The van der Waals surface area contributed by atoms with E-state index in [1.807, 2.05) is 0 Å². The van der Waals surface area contributed by atoms with Crippen molar-refractivity contribution in [3.63, 3.8) is 0 Å². The molecule has 3 atom stereocenters. The van der Waals surface area contributed by atoms with E-state index in [-0.39, 0.29) is 19.4 Å². The minimum Gasteiger partial charge on any atom is -0.480 e. The van der Waals surface area contributed by atoms with E-state index in [2.05, 4.69) is 79.1 Å². The summed E-state index contributed by atoms with van der Waals surface area (Å²) < 4.78 is 32.6. The van der Waals surface area contributed by atoms with E-state index in [1.54, 1.807) is 0 Å². The molecule has 0 rings (SSSR count). The number of ether oxygens (including phenoxy) is 2. The van der Waals surface area contributed by atoms with Gasteiger partial charge in [0.15, 0.2) is 6.10 Å². The van der Waals surface area contributed by atoms with Crippen LogP contribution in [0.1, 0.15) is 162 Å². The van der Waals surface area contributed by atoms with Gasteiger partial charge in [-0.25, -0.2) is 4.57 Å². The van der Waals surface area contributed by atoms with Crippen LogP contribution >= 0.6 is 7.82 Å². The van der Waals surface area contributed by atoms with Gasteiger partial charge in [-0.3, -0.25) is 23.4 Å². The molecule has 0 radical (unpaired) electrons. The fraction of sp³-hybridized carbons (Fsp3) is 0.698. The molecule has 4 N–H and O–H groups in total. The topological polar surface area (TPSA) is 172 Å². The summed E-state index contributed by atoms with van der Waals surface area (Å²) in [6.07, 6.45) is 42.8. The van der Waals surface area contributed by atoms with Crippen LogP contribution in [0.3, 0.4) is 0 Å². The number of hydrogen-bond donors (Lipinski definition) is 3. The highest BCUT2D eigenvalue weighted by Gasteiger charge is 2.28. The molecule has 316 valence electrons. The van der Waals surface area contributed by atoms with Crippen LogP contribution in [0, 0.1) is 0 Å². The van der Waals surface area contributed by atoms with Crippen molar-refractivity contribution in [3.05, 3.63) is 60.8 Å². The van der Waals surface area contributed by atoms with Crippen molar-refractivity contribution >= 4 is 25.7 Å². The predicted molar refractivity (Wildman–Crippen MR) is 221 cm³/mol. The average Bonchev–Trinajstić information content (AvgIpc) is 3.16. The van der Waals surface area contributed by atoms with Gasteiger partial charge in [0.05, 0.1) is 13.2 Å². The van der Waals surface area contributed by atoms with Crippen LogP contribution in [0.15, 0.2) is 60.8 Å². The van der Waals surface area contributed by atoms with E-state index in [9.17, 15) is 23.8 Å². The molecule has 0 bridgehead atoms. The quantitative estimate of drug-likeness (QED) is 0.0235. The lowest BCUT2D eigenvalue weighted by molar-refractivity contribution is -0.161. The number of rotatable bonds is 38. The molecular formula is C43H74NO10P. The summed E-state index contributed by atoms with van der Waals surface area (Å²) in [7, 11) is -4.72. The standard InChI is InChI=1S/C43H74NO10P/c1-3-5-7-9-11-13-15-17-18-19-20-21-22-23-25-27-29-31-33-35-42(46)54-39(37-52-55(49,50)53-38-40(44)43(47)48)36-51-41(45)34-32-30-28-26-24-16-14-12-10-8-6-4-2/h5,7,11-14,17-18,20-21,39-40H,3-4,6,8-10,15-16,19,22-38,44H2,1-2H3,(H,47,48)(H,49,50)/b7-5-,13-11-,14-12-,18-17-,21-20-. The number of unbranched alkanes of at least 4 members (excludes halogenated alkanes) is 14. The van der Waals surface area contributed by atoms with Crippen molar-refractivity contribution in [2.45, 2.75) is 174 Å². The highest BCUT2D eigenvalue weighted by molar-refractivity contribution is 7.47. The second-order valence-corrected chi connectivity index (χ2v) is 15.2. The fourth-order valence-electron chi connectivity index (χ4n) is 5.23. The Bertz CT molecular complexity index is 1170. The highest BCUT2D eigenvalue weighted by Crippen LogP contribution is 2.43. The first-order valence-electron chi connectivity index (χ1n) is 20.8. The van der Waals surface area contributed by atoms with Gasteiger partial charge in [-0.05, 0) is 77.0 Å². The Morgan fingerprint density at radius 1 is 0.582 bits per heavy atom. The Morgan fingerprint density at radius 3 is 1.55 bits per heavy atom. The van der Waals surface area contributed by atoms with Crippen LogP contribution in [0.2, 0.25) is 0 Å². The monoisotopic (exact) mass is 796 g/mol. The maximum atomic E-state index is 12.6. The third-order valence-electron chi connectivity index (χ3n) is 8.50. The molecule has 12 heteroatoms. The first-order valence-corrected chi connectivity index (χ1v) is 22.3. The molecule has 0 aliphatic carbocycles. The number of carbonyl (C=O) groups excluding carboxylic acids is 2. The summed E-state index contributed by atoms with van der Waals surface area (Å²) in [4.78, 5) is 45.9. The van der Waals surface area contributed by atoms with Gasteiger partial charge in [-0.1, -0.05) is 132 Å². The van der Waals surface area contributed by atoms with E-state index < -0.39 is 51.1 Å². The van der Waals surface area contributed by atoms with Crippen LogP contribution in [0.4, 0.5) is 0 Å². The lowest BCUT2D eigenvalue weighted by Gasteiger charge is -2.20. The number of hydrogen-bond acceptors (Lipinski definition) is 9. The minimum absolute atomic E-state index is 0.141. The average molecular weight is 796 g/mol. The second-order valence-electron chi connectivity index (χ2n) is 13.7. The van der Waals surface area contributed by atoms with E-state index >= 15 is 0 Å². The van der Waals surface area contributed by atoms with Crippen molar-refractivity contribution in [3.8, 4) is 0 Å². The van der Waals surface area contributed by atoms with Gasteiger partial charge in [0.25, 0.3) is 0 Å². The molecule has 0 fully saturated rings. The number of phosphoric acid groups is 1. The fourth-order valence-corrected chi connectivity index (χ4v) is 6.00. The molecule has 0 aliphatic heterocycles. The first-order chi connectivity index (χ1) is 26.6. The zero-order chi connectivity index (χ0) is 40.7. The van der Waals surface area contributed by atoms with Crippen molar-refractivity contribution < 1.29 is 47.5 Å². The van der Waals surface area contributed by atoms with Gasteiger partial charge in [0.2, 0.25) is 0 Å². The molecule has 0 heterocycles. The summed E-state index contributed by atoms with van der Waals surface area (Å²) in [5.74, 6) is -2.42. The van der Waals surface area contributed by atoms with Crippen molar-refractivity contribution in [2.24, 2.45) is 5.73 Å². The molecule has 0 amide bonds. The SMILES string of the molecule is CC/C=C\C/C=C\C/C=C\C/C=C\CCCCCCCCC(=O)OC(COC(=O)CCCCCCC/C=C\CCCCC)COP(=O)(O)OCC(N)C(=O)O. The predicted octanol–water partition coefficient (Wildman–Crippen LogP) is 10.8. The van der Waals surface area contributed by atoms with Crippen molar-refractivity contribution in [2.75, 3.05) is 19.8 Å². The van der Waals surface area contributed by atoms with E-state index in [0.29, 0.717) is 12.8 Å². The number of carboxylic acid groups (broad SMARTS) is 1. The lowest BCUT2D eigenvalue weighted by Crippen LogP contribution is -2.34. The molecule has 0 aromatic heterocycles. The van der Waals surface area contributed by atoms with Crippen LogP contribution in [0.25, 0.3) is 0 Å². The van der Waals surface area contributed by atoms with E-state index in [0.717, 1.165) is 103 Å². The van der Waals surface area contributed by atoms with Crippen LogP contribution < -0.4 is 5.73 Å². The number of aliphatic carboxylic acids is 1. The number of phosphoric ester groups is 1. The number of esters is 2. The molecule has 0 aromatic carbocycles. The molecule has 0 saturated carbocycles. The Balaban J connectivity index is 4.42. The number of carbonyl (C=O) groups is 3. The largest absolute Gasteiger partial charge is 0.480 e. The van der Waals surface area contributed by atoms with Crippen LogP contribution in [-0.4, -0.2) is 59.9 Å². The number of allylic oxidation sites excluding steroid dienone is 10. The van der Waals surface area contributed by atoms with Gasteiger partial charge >= 0.3 is 25.7 Å². The maximum Gasteiger partial charge on any atom is 0.472 e. The Labute approximate surface area is 332 Å². The van der Waals surface area contributed by atoms with Crippen molar-refractivity contribution in [1.82, 2.24) is 0 Å². The maximum absolute atomic E-state index is 12.6. The van der Waals surface area contributed by atoms with Crippen molar-refractivity contribution in [1.29, 1.82) is 0 Å². The zero-order valence-electron chi connectivity index (χ0n) is 34.0. The smallest absolute Gasteiger partial charge is 0.472 e. The minimum atomic E-state index is -4.72. The van der Waals surface area contributed by atoms with E-state index in [4.69, 9.17) is 24.8 Å². The summed E-state index contributed by atoms with van der Waals surface area (Å²) in [5, 5.41) is 8.88. The number of carboxylic acids is 1. The molecular weight excluding hydrogens is 721 g/mol. The summed E-state index contributed by atoms with van der Waals surface area (Å²) >= 11 is 0. The Kier molecular flexibility index (Phi) is 36.1. The van der Waals surface area contributed by atoms with Gasteiger partial charge in [0, 0.05) is 12.8 Å². The van der Waals surface area contributed by atoms with Gasteiger partial charge in [-0.15, -0.1) is 0 Å². The Morgan fingerprint density at radius 2 is 1.02 bits per heavy atom. The molecule has 0 spiro atoms. The Hall–Kier alpha value is -2.82. The van der Waals surface area contributed by atoms with Crippen LogP contribution in [0.5, 0.6) is 0 Å². The second kappa shape index (κ2) is 38.1. The molecule has 11 nitrogen and oxygen atoms in total. The lowest BCUT2D eigenvalue weighted by atomic mass is 10.1. The molecule has 3 unspecified atom stereocenters. The molecule has 0 aromatic rings. The van der Waals surface area contributed by atoms with Gasteiger partial charge in [0.1, 0.15) is 12.6 Å². The summed E-state index contributed by atoms with van der Waals surface area (Å²) in [6.45, 7) is 2.62. The first kappa shape index (κ1) is 52.2. The van der Waals surface area contributed by atoms with Gasteiger partial charge < -0.3 is 25.2 Å². The third-order valence-corrected chi connectivity index (χ3v) is 9.45. The normalized spacial score (nSPS) is 14.4. The van der Waals surface area contributed by atoms with Gasteiger partial charge in [-0.2, -0.15) is 0 Å². The highest BCUT2D eigenvalue weighted by atomic mass is 31.2. The summed E-state index contributed by atoms with van der Waals surface area (Å²) in [5.41, 5.74) is 5.32. The third kappa shape index (κ3) is 37.9. The molecule has 0 aliphatic rings. The van der Waals surface area contributed by atoms with Crippen LogP contribution in [-0.2, 0) is 37.5 Å². The van der Waals surface area contributed by atoms with E-state index in [1.165, 1.54) is 19.3 Å².